The van der Waals surface area contributed by atoms with Crippen LogP contribution in [0.5, 0.6) is 0 Å². The summed E-state index contributed by atoms with van der Waals surface area (Å²) in [5.74, 6) is 0.924. The fourth-order valence-electron chi connectivity index (χ4n) is 1.81. The molecule has 0 bridgehead atoms. The first-order valence-corrected chi connectivity index (χ1v) is 8.82. The number of thiazole rings is 1. The fraction of sp³-hybridized carbons (Fsp3) is 0.353. The molecule has 0 aliphatic rings. The quantitative estimate of drug-likeness (QED) is 0.575. The lowest BCUT2D eigenvalue weighted by atomic mass is 9.98. The van der Waals surface area contributed by atoms with Gasteiger partial charge in [-0.05, 0) is 12.1 Å². The second-order valence-electron chi connectivity index (χ2n) is 5.83. The summed E-state index contributed by atoms with van der Waals surface area (Å²) in [6, 6.07) is 8.40. The molecular formula is C17H22N2S2. The van der Waals surface area contributed by atoms with Gasteiger partial charge in [-0.15, -0.1) is 29.7 Å². The van der Waals surface area contributed by atoms with E-state index >= 15 is 0 Å². The van der Waals surface area contributed by atoms with Gasteiger partial charge >= 0.3 is 0 Å². The molecule has 1 aromatic carbocycles. The van der Waals surface area contributed by atoms with E-state index in [-0.39, 0.29) is 5.41 Å². The van der Waals surface area contributed by atoms with Crippen molar-refractivity contribution in [2.24, 2.45) is 0 Å². The average Bonchev–Trinajstić information content (AvgIpc) is 2.92. The van der Waals surface area contributed by atoms with Gasteiger partial charge in [0.05, 0.1) is 11.6 Å². The lowest BCUT2D eigenvalue weighted by Crippen LogP contribution is -2.09. The summed E-state index contributed by atoms with van der Waals surface area (Å²) >= 11 is 3.59. The molecule has 2 rings (SSSR count). The molecule has 0 radical (unpaired) electrons. The number of hydrogen-bond donors (Lipinski definition) is 1. The highest BCUT2D eigenvalue weighted by atomic mass is 32.2. The molecule has 0 aliphatic heterocycles. The molecule has 0 fully saturated rings. The number of para-hydroxylation sites is 1. The molecule has 0 unspecified atom stereocenters. The van der Waals surface area contributed by atoms with E-state index in [1.807, 2.05) is 12.3 Å². The van der Waals surface area contributed by atoms with E-state index in [1.54, 1.807) is 23.1 Å². The Morgan fingerprint density at radius 2 is 2.10 bits per heavy atom. The van der Waals surface area contributed by atoms with Crippen molar-refractivity contribution >= 4 is 28.8 Å². The maximum absolute atomic E-state index is 4.53. The van der Waals surface area contributed by atoms with Gasteiger partial charge in [0.15, 0.2) is 0 Å². The van der Waals surface area contributed by atoms with Crippen LogP contribution in [0.15, 0.2) is 48.0 Å². The molecule has 2 aromatic rings. The minimum Gasteiger partial charge on any atom is -0.379 e. The normalized spacial score (nSPS) is 11.4. The number of anilines is 1. The first-order chi connectivity index (χ1) is 10.0. The predicted molar refractivity (Wildman–Crippen MR) is 95.5 cm³/mol. The van der Waals surface area contributed by atoms with Crippen molar-refractivity contribution in [3.8, 4) is 0 Å². The Morgan fingerprint density at radius 1 is 1.33 bits per heavy atom. The third-order valence-corrected chi connectivity index (χ3v) is 5.38. The Morgan fingerprint density at radius 3 is 2.76 bits per heavy atom. The number of thioether (sulfide) groups is 1. The zero-order chi connectivity index (χ0) is 15.3. The first-order valence-electron chi connectivity index (χ1n) is 7.02. The van der Waals surface area contributed by atoms with E-state index in [0.717, 1.165) is 12.3 Å². The summed E-state index contributed by atoms with van der Waals surface area (Å²) < 4.78 is 0. The van der Waals surface area contributed by atoms with Gasteiger partial charge in [-0.25, -0.2) is 4.98 Å². The van der Waals surface area contributed by atoms with E-state index < -0.39 is 0 Å². The molecule has 0 aliphatic carbocycles. The molecule has 1 heterocycles. The van der Waals surface area contributed by atoms with Crippen LogP contribution in [0.3, 0.4) is 0 Å². The van der Waals surface area contributed by atoms with E-state index in [2.05, 4.69) is 61.9 Å². The molecule has 0 atom stereocenters. The summed E-state index contributed by atoms with van der Waals surface area (Å²) in [4.78, 5) is 7.06. The first kappa shape index (κ1) is 16.1. The number of hydrogen-bond acceptors (Lipinski definition) is 4. The van der Waals surface area contributed by atoms with E-state index in [1.165, 1.54) is 20.5 Å². The Kier molecular flexibility index (Phi) is 5.48. The Balaban J connectivity index is 2.03. The van der Waals surface area contributed by atoms with Crippen molar-refractivity contribution in [1.29, 1.82) is 0 Å². The van der Waals surface area contributed by atoms with Gasteiger partial charge in [0.25, 0.3) is 0 Å². The summed E-state index contributed by atoms with van der Waals surface area (Å²) in [7, 11) is 0. The Hall–Kier alpha value is -1.26. The SMILES string of the molecule is C=CCSc1ccccc1NCc1cnc(C(C)(C)C)s1. The Bertz CT molecular complexity index is 597. The molecular weight excluding hydrogens is 296 g/mol. The maximum Gasteiger partial charge on any atom is 0.0981 e. The lowest BCUT2D eigenvalue weighted by molar-refractivity contribution is 0.585. The van der Waals surface area contributed by atoms with Crippen LogP contribution < -0.4 is 5.32 Å². The van der Waals surface area contributed by atoms with Crippen LogP contribution in [-0.4, -0.2) is 10.7 Å². The molecule has 0 saturated heterocycles. The van der Waals surface area contributed by atoms with Crippen molar-refractivity contribution in [2.75, 3.05) is 11.1 Å². The van der Waals surface area contributed by atoms with Crippen molar-refractivity contribution < 1.29 is 0 Å². The van der Waals surface area contributed by atoms with E-state index in [4.69, 9.17) is 0 Å². The number of rotatable bonds is 6. The predicted octanol–water partition coefficient (Wildman–Crippen LogP) is 5.33. The standard InChI is InChI=1S/C17H22N2S2/c1-5-10-20-15-9-7-6-8-14(15)18-11-13-12-19-16(21-13)17(2,3)4/h5-9,12,18H,1,10-11H2,2-4H3. The van der Waals surface area contributed by atoms with Crippen LogP contribution in [0, 0.1) is 0 Å². The second kappa shape index (κ2) is 7.14. The molecule has 21 heavy (non-hydrogen) atoms. The molecule has 1 N–H and O–H groups in total. The number of benzene rings is 1. The molecule has 112 valence electrons. The molecule has 0 saturated carbocycles. The highest BCUT2D eigenvalue weighted by molar-refractivity contribution is 7.99. The molecule has 0 spiro atoms. The summed E-state index contributed by atoms with van der Waals surface area (Å²) in [5.41, 5.74) is 1.30. The number of nitrogens with zero attached hydrogens (tertiary/aromatic N) is 1. The van der Waals surface area contributed by atoms with Crippen LogP contribution in [0.1, 0.15) is 30.7 Å². The summed E-state index contributed by atoms with van der Waals surface area (Å²) in [6.45, 7) is 11.2. The van der Waals surface area contributed by atoms with Crippen LogP contribution in [0.2, 0.25) is 0 Å². The van der Waals surface area contributed by atoms with Crippen molar-refractivity contribution in [3.05, 3.63) is 53.0 Å². The Labute approximate surface area is 135 Å². The van der Waals surface area contributed by atoms with Crippen LogP contribution >= 0.6 is 23.1 Å². The molecule has 2 nitrogen and oxygen atoms in total. The van der Waals surface area contributed by atoms with Gasteiger partial charge in [0.2, 0.25) is 0 Å². The topological polar surface area (TPSA) is 24.9 Å². The van der Waals surface area contributed by atoms with Crippen molar-refractivity contribution in [2.45, 2.75) is 37.6 Å². The number of aromatic nitrogens is 1. The van der Waals surface area contributed by atoms with Gasteiger partial charge in [0.1, 0.15) is 0 Å². The van der Waals surface area contributed by atoms with Gasteiger partial charge < -0.3 is 5.32 Å². The zero-order valence-corrected chi connectivity index (χ0v) is 14.5. The lowest BCUT2D eigenvalue weighted by Gasteiger charge is -2.13. The van der Waals surface area contributed by atoms with Crippen LogP contribution in [-0.2, 0) is 12.0 Å². The highest BCUT2D eigenvalue weighted by Crippen LogP contribution is 2.29. The average molecular weight is 319 g/mol. The highest BCUT2D eigenvalue weighted by Gasteiger charge is 2.17. The summed E-state index contributed by atoms with van der Waals surface area (Å²) in [6.07, 6.45) is 3.91. The molecule has 0 amide bonds. The van der Waals surface area contributed by atoms with Gasteiger partial charge in [-0.3, -0.25) is 0 Å². The monoisotopic (exact) mass is 318 g/mol. The second-order valence-corrected chi connectivity index (χ2v) is 8.01. The minimum atomic E-state index is 0.126. The van der Waals surface area contributed by atoms with Gasteiger partial charge in [-0.1, -0.05) is 39.0 Å². The molecule has 4 heteroatoms. The molecule has 1 aromatic heterocycles. The van der Waals surface area contributed by atoms with Crippen molar-refractivity contribution in [1.82, 2.24) is 4.98 Å². The van der Waals surface area contributed by atoms with E-state index in [0.29, 0.717) is 0 Å². The van der Waals surface area contributed by atoms with E-state index in [9.17, 15) is 0 Å². The zero-order valence-electron chi connectivity index (χ0n) is 12.8. The third-order valence-electron chi connectivity index (χ3n) is 2.89. The fourth-order valence-corrected chi connectivity index (χ4v) is 3.48. The summed E-state index contributed by atoms with van der Waals surface area (Å²) in [5, 5.41) is 4.71. The smallest absolute Gasteiger partial charge is 0.0981 e. The van der Waals surface area contributed by atoms with Crippen LogP contribution in [0.4, 0.5) is 5.69 Å². The minimum absolute atomic E-state index is 0.126. The van der Waals surface area contributed by atoms with Gasteiger partial charge in [0, 0.05) is 32.8 Å². The van der Waals surface area contributed by atoms with Gasteiger partial charge in [-0.2, -0.15) is 0 Å². The maximum atomic E-state index is 4.53. The largest absolute Gasteiger partial charge is 0.379 e. The third kappa shape index (κ3) is 4.61. The number of nitrogens with one attached hydrogen (secondary N) is 1. The van der Waals surface area contributed by atoms with Crippen LogP contribution in [0.25, 0.3) is 0 Å². The van der Waals surface area contributed by atoms with Crippen molar-refractivity contribution in [3.63, 3.8) is 0 Å².